The Labute approximate surface area is 161 Å². The lowest BCUT2D eigenvalue weighted by Gasteiger charge is -2.36. The molecule has 7 heteroatoms. The van der Waals surface area contributed by atoms with Crippen LogP contribution in [0.15, 0.2) is 35.7 Å². The zero-order valence-electron chi connectivity index (χ0n) is 15.5. The molecule has 4 rings (SSSR count). The van der Waals surface area contributed by atoms with E-state index in [1.807, 2.05) is 32.0 Å². The summed E-state index contributed by atoms with van der Waals surface area (Å²) in [6.07, 6.45) is -0.727. The molecule has 0 amide bonds. The van der Waals surface area contributed by atoms with Gasteiger partial charge in [-0.1, -0.05) is 30.3 Å². The lowest BCUT2D eigenvalue weighted by atomic mass is 10.1. The van der Waals surface area contributed by atoms with Gasteiger partial charge in [0.15, 0.2) is 6.10 Å². The Bertz CT molecular complexity index is 973. The fourth-order valence-electron chi connectivity index (χ4n) is 3.47. The second kappa shape index (κ2) is 7.25. The third kappa shape index (κ3) is 3.40. The summed E-state index contributed by atoms with van der Waals surface area (Å²) in [6, 6.07) is 10.2. The van der Waals surface area contributed by atoms with Gasteiger partial charge in [-0.05, 0) is 19.4 Å². The van der Waals surface area contributed by atoms with Gasteiger partial charge in [0.1, 0.15) is 16.5 Å². The molecule has 140 valence electrons. The van der Waals surface area contributed by atoms with Crippen LogP contribution in [0.4, 0.5) is 5.82 Å². The molecule has 1 aromatic carbocycles. The summed E-state index contributed by atoms with van der Waals surface area (Å²) in [4.78, 5) is 24.5. The molecule has 0 N–H and O–H groups in total. The second-order valence-corrected chi connectivity index (χ2v) is 7.51. The first kappa shape index (κ1) is 17.9. The van der Waals surface area contributed by atoms with Crippen molar-refractivity contribution in [2.24, 2.45) is 0 Å². The standard InChI is InChI=1S/C20H21N3O3S/c1-12-9-23(10-16(26-12)20(24)25-3)18-17-15(14-7-5-4-6-8-14)11-27-19(17)22-13(2)21-18/h4-8,11-12,16H,9-10H2,1-3H3/t12-,16?/m0/s1. The molecule has 6 nitrogen and oxygen atoms in total. The molecule has 1 aliphatic rings. The van der Waals surface area contributed by atoms with Crippen LogP contribution in [0.3, 0.4) is 0 Å². The van der Waals surface area contributed by atoms with Crippen LogP contribution in [0.1, 0.15) is 12.7 Å². The van der Waals surface area contributed by atoms with Gasteiger partial charge in [0.25, 0.3) is 0 Å². The third-order valence-corrected chi connectivity index (χ3v) is 5.51. The van der Waals surface area contributed by atoms with Crippen molar-refractivity contribution in [2.45, 2.75) is 26.1 Å². The van der Waals surface area contributed by atoms with Crippen LogP contribution in [0.5, 0.6) is 0 Å². The number of fused-ring (bicyclic) bond motifs is 1. The Morgan fingerprint density at radius 3 is 2.78 bits per heavy atom. The van der Waals surface area contributed by atoms with Gasteiger partial charge in [-0.3, -0.25) is 0 Å². The van der Waals surface area contributed by atoms with Crippen molar-refractivity contribution in [1.82, 2.24) is 9.97 Å². The minimum Gasteiger partial charge on any atom is -0.467 e. The summed E-state index contributed by atoms with van der Waals surface area (Å²) < 4.78 is 10.7. The van der Waals surface area contributed by atoms with E-state index in [9.17, 15) is 4.79 Å². The van der Waals surface area contributed by atoms with E-state index in [1.165, 1.54) is 7.11 Å². The van der Waals surface area contributed by atoms with E-state index in [0.29, 0.717) is 18.9 Å². The van der Waals surface area contributed by atoms with Crippen molar-refractivity contribution in [1.29, 1.82) is 0 Å². The Balaban J connectivity index is 1.83. The Hall–Kier alpha value is -2.51. The maximum atomic E-state index is 12.1. The van der Waals surface area contributed by atoms with E-state index >= 15 is 0 Å². The number of carbonyl (C=O) groups is 1. The molecule has 1 saturated heterocycles. The summed E-state index contributed by atoms with van der Waals surface area (Å²) in [7, 11) is 1.38. The Morgan fingerprint density at radius 1 is 1.26 bits per heavy atom. The van der Waals surface area contributed by atoms with Crippen molar-refractivity contribution in [2.75, 3.05) is 25.1 Å². The minimum absolute atomic E-state index is 0.105. The lowest BCUT2D eigenvalue weighted by Crippen LogP contribution is -2.50. The number of methoxy groups -OCH3 is 1. The molecule has 0 aliphatic carbocycles. The van der Waals surface area contributed by atoms with Gasteiger partial charge in [-0.2, -0.15) is 0 Å². The molecule has 1 aliphatic heterocycles. The van der Waals surface area contributed by atoms with Crippen molar-refractivity contribution in [3.05, 3.63) is 41.5 Å². The summed E-state index contributed by atoms with van der Waals surface area (Å²) in [5.41, 5.74) is 2.24. The number of nitrogens with zero attached hydrogens (tertiary/aromatic N) is 3. The zero-order chi connectivity index (χ0) is 19.0. The highest BCUT2D eigenvalue weighted by Gasteiger charge is 2.33. The lowest BCUT2D eigenvalue weighted by molar-refractivity contribution is -0.158. The Kier molecular flexibility index (Phi) is 4.80. The van der Waals surface area contributed by atoms with Crippen LogP contribution in [0, 0.1) is 6.92 Å². The SMILES string of the molecule is COC(=O)C1CN(c2nc(C)nc3scc(-c4ccccc4)c23)C[C@H](C)O1. The molecular weight excluding hydrogens is 362 g/mol. The quantitative estimate of drug-likeness (QED) is 0.646. The first-order valence-corrected chi connectivity index (χ1v) is 9.74. The molecule has 0 bridgehead atoms. The van der Waals surface area contributed by atoms with E-state index in [-0.39, 0.29) is 12.1 Å². The molecule has 2 atom stereocenters. The highest BCUT2D eigenvalue weighted by atomic mass is 32.1. The summed E-state index contributed by atoms with van der Waals surface area (Å²) >= 11 is 1.61. The van der Waals surface area contributed by atoms with E-state index < -0.39 is 6.10 Å². The predicted octanol–water partition coefficient (Wildman–Crippen LogP) is 3.43. The fraction of sp³-hybridized carbons (Fsp3) is 0.350. The highest BCUT2D eigenvalue weighted by molar-refractivity contribution is 7.17. The number of ether oxygens (including phenoxy) is 2. The van der Waals surface area contributed by atoms with Gasteiger partial charge < -0.3 is 14.4 Å². The first-order chi connectivity index (χ1) is 13.1. The normalized spacial score (nSPS) is 20.0. The molecule has 2 aromatic heterocycles. The monoisotopic (exact) mass is 383 g/mol. The summed E-state index contributed by atoms with van der Waals surface area (Å²) in [5, 5.41) is 3.15. The number of carbonyl (C=O) groups excluding carboxylic acids is 1. The molecule has 1 unspecified atom stereocenters. The molecular formula is C20H21N3O3S. The van der Waals surface area contributed by atoms with Crippen LogP contribution < -0.4 is 4.90 Å². The third-order valence-electron chi connectivity index (χ3n) is 4.63. The maximum absolute atomic E-state index is 12.1. The number of esters is 1. The molecule has 3 heterocycles. The molecule has 3 aromatic rings. The van der Waals surface area contributed by atoms with Crippen LogP contribution in [0.25, 0.3) is 21.3 Å². The largest absolute Gasteiger partial charge is 0.467 e. The molecule has 27 heavy (non-hydrogen) atoms. The second-order valence-electron chi connectivity index (χ2n) is 6.65. The van der Waals surface area contributed by atoms with Crippen LogP contribution in [-0.2, 0) is 14.3 Å². The van der Waals surface area contributed by atoms with E-state index in [2.05, 4.69) is 27.4 Å². The molecule has 0 spiro atoms. The van der Waals surface area contributed by atoms with Gasteiger partial charge in [-0.25, -0.2) is 14.8 Å². The van der Waals surface area contributed by atoms with Crippen molar-refractivity contribution >= 4 is 33.3 Å². The van der Waals surface area contributed by atoms with Gasteiger partial charge in [-0.15, -0.1) is 11.3 Å². The number of benzene rings is 1. The first-order valence-electron chi connectivity index (χ1n) is 8.86. The number of anilines is 1. The number of thiophene rings is 1. The highest BCUT2D eigenvalue weighted by Crippen LogP contribution is 2.39. The predicted molar refractivity (Wildman–Crippen MR) is 106 cm³/mol. The zero-order valence-corrected chi connectivity index (χ0v) is 16.3. The van der Waals surface area contributed by atoms with Crippen molar-refractivity contribution in [3.63, 3.8) is 0 Å². The number of aryl methyl sites for hydroxylation is 1. The van der Waals surface area contributed by atoms with Gasteiger partial charge in [0.05, 0.1) is 25.1 Å². The van der Waals surface area contributed by atoms with E-state index in [1.54, 1.807) is 11.3 Å². The number of hydrogen-bond donors (Lipinski definition) is 0. The number of morpholine rings is 1. The summed E-state index contributed by atoms with van der Waals surface area (Å²) in [5.74, 6) is 1.21. The number of hydrogen-bond acceptors (Lipinski definition) is 7. The maximum Gasteiger partial charge on any atom is 0.336 e. The van der Waals surface area contributed by atoms with E-state index in [0.717, 1.165) is 27.2 Å². The van der Waals surface area contributed by atoms with Crippen LogP contribution in [-0.4, -0.2) is 48.3 Å². The van der Waals surface area contributed by atoms with Crippen molar-refractivity contribution < 1.29 is 14.3 Å². The minimum atomic E-state index is -0.622. The van der Waals surface area contributed by atoms with Gasteiger partial charge >= 0.3 is 5.97 Å². The Morgan fingerprint density at radius 2 is 2.04 bits per heavy atom. The smallest absolute Gasteiger partial charge is 0.336 e. The fourth-order valence-corrected chi connectivity index (χ4v) is 4.46. The van der Waals surface area contributed by atoms with Crippen LogP contribution >= 0.6 is 11.3 Å². The molecule has 1 fully saturated rings. The summed E-state index contributed by atoms with van der Waals surface area (Å²) in [6.45, 7) is 4.92. The van der Waals surface area contributed by atoms with E-state index in [4.69, 9.17) is 14.5 Å². The van der Waals surface area contributed by atoms with Gasteiger partial charge in [0.2, 0.25) is 0 Å². The topological polar surface area (TPSA) is 64.5 Å². The molecule has 0 saturated carbocycles. The van der Waals surface area contributed by atoms with Gasteiger partial charge in [0, 0.05) is 17.5 Å². The van der Waals surface area contributed by atoms with Crippen molar-refractivity contribution in [3.8, 4) is 11.1 Å². The van der Waals surface area contributed by atoms with Crippen LogP contribution in [0.2, 0.25) is 0 Å². The average Bonchev–Trinajstić information content (AvgIpc) is 3.10. The number of aromatic nitrogens is 2. The number of rotatable bonds is 3. The molecule has 0 radical (unpaired) electrons. The average molecular weight is 383 g/mol.